The van der Waals surface area contributed by atoms with Crippen LogP contribution in [0.15, 0.2) is 122 Å². The number of hydrogen-bond acceptors (Lipinski definition) is 15. The molecule has 0 aromatic carbocycles. The van der Waals surface area contributed by atoms with E-state index in [2.05, 4.69) is 149 Å². The van der Waals surface area contributed by atoms with Crippen molar-refractivity contribution < 1.29 is 80.2 Å². The second-order valence-corrected chi connectivity index (χ2v) is 28.4. The molecule has 0 aliphatic carbocycles. The van der Waals surface area contributed by atoms with Crippen LogP contribution in [0.2, 0.25) is 0 Å². The van der Waals surface area contributed by atoms with Crippen molar-refractivity contribution in [3.63, 3.8) is 0 Å². The first-order chi connectivity index (χ1) is 48.7. The number of phosphoric acid groups is 2. The van der Waals surface area contributed by atoms with E-state index in [1.165, 1.54) is 51.4 Å². The van der Waals surface area contributed by atoms with E-state index in [9.17, 15) is 43.2 Å². The van der Waals surface area contributed by atoms with Gasteiger partial charge in [0.1, 0.15) is 19.3 Å². The van der Waals surface area contributed by atoms with Gasteiger partial charge in [0.05, 0.1) is 26.4 Å². The first kappa shape index (κ1) is 95.5. The highest BCUT2D eigenvalue weighted by molar-refractivity contribution is 7.47. The molecule has 0 aromatic rings. The Bertz CT molecular complexity index is 2370. The van der Waals surface area contributed by atoms with Crippen molar-refractivity contribution in [2.24, 2.45) is 0 Å². The van der Waals surface area contributed by atoms with Gasteiger partial charge in [0, 0.05) is 25.7 Å². The Kier molecular flexibility index (Phi) is 69.5. The number of esters is 4. The number of ether oxygens (including phenoxy) is 4. The van der Waals surface area contributed by atoms with Gasteiger partial charge in [-0.25, -0.2) is 9.13 Å². The molecule has 0 heterocycles. The fourth-order valence-electron chi connectivity index (χ4n) is 10.1. The topological polar surface area (TPSA) is 237 Å². The predicted molar refractivity (Wildman–Crippen MR) is 408 cm³/mol. The fourth-order valence-corrected chi connectivity index (χ4v) is 11.6. The summed E-state index contributed by atoms with van der Waals surface area (Å²) in [7, 11) is -9.97. The zero-order valence-electron chi connectivity index (χ0n) is 62.6. The lowest BCUT2D eigenvalue weighted by Crippen LogP contribution is -2.30. The average molecular weight is 1450 g/mol. The lowest BCUT2D eigenvalue weighted by Gasteiger charge is -2.21. The van der Waals surface area contributed by atoms with Crippen LogP contribution in [-0.4, -0.2) is 96.7 Å². The molecule has 0 aliphatic rings. The number of hydrogen-bond donors (Lipinski definition) is 3. The summed E-state index contributed by atoms with van der Waals surface area (Å²) in [6, 6.07) is 0. The number of aliphatic hydroxyl groups excluding tert-OH is 1. The minimum atomic E-state index is -4.99. The molecule has 19 heteroatoms. The molecule has 5 atom stereocenters. The van der Waals surface area contributed by atoms with Gasteiger partial charge in [-0.1, -0.05) is 278 Å². The molecule has 100 heavy (non-hydrogen) atoms. The summed E-state index contributed by atoms with van der Waals surface area (Å²) in [5, 5.41) is 10.6. The Morgan fingerprint density at radius 1 is 0.290 bits per heavy atom. The first-order valence-corrected chi connectivity index (χ1v) is 41.8. The van der Waals surface area contributed by atoms with E-state index in [1.807, 2.05) is 0 Å². The van der Waals surface area contributed by atoms with Crippen molar-refractivity contribution in [1.82, 2.24) is 0 Å². The second kappa shape index (κ2) is 72.8. The molecule has 0 rings (SSSR count). The van der Waals surface area contributed by atoms with Crippen molar-refractivity contribution in [3.8, 4) is 0 Å². The Balaban J connectivity index is 5.38. The Labute approximate surface area is 606 Å². The SMILES string of the molecule is CC/C=C\C/C=C\C/C=C\C/C=C\C/C=C\CCCCCC(=O)OCC(COP(=O)(O)OCC(O)COP(=O)(O)OCC(COC(=O)CCCCCCC/C=C\C/C=C\C/C=C\CC)OC(=O)CCCCCCCCCCCCCCC)OC(=O)CCCCCCC/C=C\C/C=C\CCC. The van der Waals surface area contributed by atoms with Gasteiger partial charge in [-0.3, -0.25) is 37.3 Å². The van der Waals surface area contributed by atoms with E-state index in [0.717, 1.165) is 180 Å². The number of rotatable bonds is 72. The first-order valence-electron chi connectivity index (χ1n) is 38.8. The van der Waals surface area contributed by atoms with Crippen molar-refractivity contribution in [2.75, 3.05) is 39.6 Å². The van der Waals surface area contributed by atoms with Gasteiger partial charge in [-0.15, -0.1) is 0 Å². The zero-order valence-corrected chi connectivity index (χ0v) is 64.4. The van der Waals surface area contributed by atoms with Gasteiger partial charge in [-0.2, -0.15) is 0 Å². The highest BCUT2D eigenvalue weighted by atomic mass is 31.2. The van der Waals surface area contributed by atoms with Crippen LogP contribution in [-0.2, 0) is 65.4 Å². The van der Waals surface area contributed by atoms with Gasteiger partial charge >= 0.3 is 39.5 Å². The lowest BCUT2D eigenvalue weighted by molar-refractivity contribution is -0.161. The van der Waals surface area contributed by atoms with Crippen LogP contribution in [0.25, 0.3) is 0 Å². The minimum absolute atomic E-state index is 0.0688. The van der Waals surface area contributed by atoms with E-state index < -0.39 is 97.5 Å². The molecule has 0 saturated carbocycles. The molecule has 3 N–H and O–H groups in total. The van der Waals surface area contributed by atoms with Crippen LogP contribution in [0.4, 0.5) is 0 Å². The van der Waals surface area contributed by atoms with Crippen molar-refractivity contribution >= 4 is 39.5 Å². The maximum Gasteiger partial charge on any atom is 0.472 e. The summed E-state index contributed by atoms with van der Waals surface area (Å²) in [6.45, 7) is 4.52. The third-order valence-corrected chi connectivity index (χ3v) is 17.8. The molecule has 0 spiro atoms. The quantitative estimate of drug-likeness (QED) is 0.0169. The highest BCUT2D eigenvalue weighted by Crippen LogP contribution is 2.45. The molecular formula is C81H138O17P2. The van der Waals surface area contributed by atoms with Crippen molar-refractivity contribution in [2.45, 2.75) is 329 Å². The van der Waals surface area contributed by atoms with Gasteiger partial charge in [0.15, 0.2) is 12.2 Å². The molecule has 0 amide bonds. The Hall–Kier alpha value is -4.54. The number of aliphatic hydroxyl groups is 1. The summed E-state index contributed by atoms with van der Waals surface area (Å²) in [6.07, 6.45) is 79.0. The van der Waals surface area contributed by atoms with Crippen LogP contribution < -0.4 is 0 Å². The summed E-state index contributed by atoms with van der Waals surface area (Å²) in [5.74, 6) is -2.24. The molecule has 0 fully saturated rings. The summed E-state index contributed by atoms with van der Waals surface area (Å²) < 4.78 is 68.5. The number of carbonyl (C=O) groups is 4. The van der Waals surface area contributed by atoms with E-state index in [1.54, 1.807) is 0 Å². The predicted octanol–water partition coefficient (Wildman–Crippen LogP) is 22.3. The maximum atomic E-state index is 13.1. The van der Waals surface area contributed by atoms with E-state index >= 15 is 0 Å². The lowest BCUT2D eigenvalue weighted by atomic mass is 10.0. The molecule has 0 saturated heterocycles. The summed E-state index contributed by atoms with van der Waals surface area (Å²) in [5.41, 5.74) is 0. The van der Waals surface area contributed by atoms with Crippen LogP contribution in [0, 0.1) is 0 Å². The number of phosphoric ester groups is 2. The van der Waals surface area contributed by atoms with Crippen molar-refractivity contribution in [1.29, 1.82) is 0 Å². The standard InChI is InChI=1S/C81H138O17P2/c1-5-9-13-17-21-25-29-33-35-36-37-38-40-44-46-50-54-58-62-66-79(84)92-72-77(98-81(86)68-64-60-56-52-48-42-32-28-24-20-16-12-8-4)74-96-100(89,90)94-70-75(82)69-93-99(87,88)95-73-76(97-80(85)67-63-59-55-51-47-41-31-27-23-19-15-11-7-3)71-91-78(83)65-61-57-53-49-45-43-39-34-30-26-22-18-14-10-6-2/h9-10,13-14,16,20-22,25-26,28,32-35,37-39,44,46,75-77,82H,5-8,11-12,15,17-19,23-24,27,29-31,36,40-43,45,47-74H2,1-4H3,(H,87,88)(H,89,90)/b13-9-,14-10-,20-16-,25-21-,26-22-,32-28-,35-33-,38-37-,39-34-,46-44-. The molecule has 0 radical (unpaired) electrons. The van der Waals surface area contributed by atoms with Crippen LogP contribution in [0.5, 0.6) is 0 Å². The minimum Gasteiger partial charge on any atom is -0.462 e. The fraction of sp³-hybridized carbons (Fsp3) is 0.704. The van der Waals surface area contributed by atoms with Gasteiger partial charge in [-0.05, 0) is 128 Å². The van der Waals surface area contributed by atoms with E-state index in [-0.39, 0.29) is 25.7 Å². The van der Waals surface area contributed by atoms with Gasteiger partial charge < -0.3 is 33.8 Å². The van der Waals surface area contributed by atoms with E-state index in [0.29, 0.717) is 25.7 Å². The highest BCUT2D eigenvalue weighted by Gasteiger charge is 2.30. The normalized spacial score (nSPS) is 14.6. The number of allylic oxidation sites excluding steroid dienone is 20. The molecule has 5 unspecified atom stereocenters. The number of carbonyl (C=O) groups excluding carboxylic acids is 4. The van der Waals surface area contributed by atoms with Crippen LogP contribution in [0.3, 0.4) is 0 Å². The summed E-state index contributed by atoms with van der Waals surface area (Å²) >= 11 is 0. The second-order valence-electron chi connectivity index (χ2n) is 25.5. The van der Waals surface area contributed by atoms with Crippen LogP contribution in [0.1, 0.15) is 310 Å². The maximum absolute atomic E-state index is 13.1. The zero-order chi connectivity index (χ0) is 73.2. The Morgan fingerprint density at radius 2 is 0.540 bits per heavy atom. The molecule has 0 aliphatic heterocycles. The molecular weight excluding hydrogens is 1310 g/mol. The monoisotopic (exact) mass is 1440 g/mol. The number of unbranched alkanes of at least 4 members (excludes halogenated alkanes) is 26. The van der Waals surface area contributed by atoms with Gasteiger partial charge in [0.25, 0.3) is 0 Å². The smallest absolute Gasteiger partial charge is 0.462 e. The third kappa shape index (κ3) is 71.8. The van der Waals surface area contributed by atoms with Gasteiger partial charge in [0.2, 0.25) is 0 Å². The molecule has 17 nitrogen and oxygen atoms in total. The molecule has 574 valence electrons. The Morgan fingerprint density at radius 3 is 0.850 bits per heavy atom. The summed E-state index contributed by atoms with van der Waals surface area (Å²) in [4.78, 5) is 72.9. The average Bonchev–Trinajstić information content (AvgIpc) is 0.935. The molecule has 0 aromatic heterocycles. The van der Waals surface area contributed by atoms with Crippen LogP contribution >= 0.6 is 15.6 Å². The molecule has 0 bridgehead atoms. The third-order valence-electron chi connectivity index (χ3n) is 15.9. The largest absolute Gasteiger partial charge is 0.472 e. The van der Waals surface area contributed by atoms with E-state index in [4.69, 9.17) is 37.0 Å². The van der Waals surface area contributed by atoms with Crippen molar-refractivity contribution in [3.05, 3.63) is 122 Å².